The summed E-state index contributed by atoms with van der Waals surface area (Å²) in [5.74, 6) is 1.00. The molecule has 0 amide bonds. The highest BCUT2D eigenvalue weighted by molar-refractivity contribution is 5.45. The lowest BCUT2D eigenvalue weighted by Gasteiger charge is -2.33. The van der Waals surface area contributed by atoms with Crippen LogP contribution >= 0.6 is 0 Å². The van der Waals surface area contributed by atoms with Crippen LogP contribution in [0.2, 0.25) is 0 Å². The van der Waals surface area contributed by atoms with Gasteiger partial charge in [0, 0.05) is 38.1 Å². The zero-order valence-electron chi connectivity index (χ0n) is 18.8. The van der Waals surface area contributed by atoms with E-state index in [1.165, 1.54) is 18.2 Å². The Morgan fingerprint density at radius 1 is 1.19 bits per heavy atom. The van der Waals surface area contributed by atoms with E-state index >= 15 is 0 Å². The van der Waals surface area contributed by atoms with Gasteiger partial charge in [-0.15, -0.1) is 0 Å². The van der Waals surface area contributed by atoms with Crippen molar-refractivity contribution in [2.24, 2.45) is 0 Å². The van der Waals surface area contributed by atoms with Crippen molar-refractivity contribution in [3.63, 3.8) is 0 Å². The molecule has 0 radical (unpaired) electrons. The van der Waals surface area contributed by atoms with E-state index in [9.17, 15) is 4.39 Å². The van der Waals surface area contributed by atoms with E-state index in [1.807, 2.05) is 12.1 Å². The Labute approximate surface area is 184 Å². The fourth-order valence-corrected chi connectivity index (χ4v) is 4.65. The first-order chi connectivity index (χ1) is 15.0. The summed E-state index contributed by atoms with van der Waals surface area (Å²) in [6.45, 7) is 8.31. The number of benzene rings is 2. The number of methoxy groups -OCH3 is 1. The first-order valence-electron chi connectivity index (χ1n) is 11.1. The fraction of sp³-hybridized carbons (Fsp3) is 0.520. The van der Waals surface area contributed by atoms with Crippen molar-refractivity contribution in [2.75, 3.05) is 53.6 Å². The topological polar surface area (TPSA) is 34.2 Å². The van der Waals surface area contributed by atoms with Gasteiger partial charge in [0.2, 0.25) is 0 Å². The minimum atomic E-state index is -0.315. The summed E-state index contributed by atoms with van der Waals surface area (Å²) >= 11 is 0. The predicted octanol–water partition coefficient (Wildman–Crippen LogP) is 3.90. The van der Waals surface area contributed by atoms with E-state index in [0.29, 0.717) is 12.6 Å². The van der Waals surface area contributed by atoms with E-state index in [-0.39, 0.29) is 17.5 Å². The average molecular weight is 429 g/mol. The van der Waals surface area contributed by atoms with Gasteiger partial charge in [0.25, 0.3) is 0 Å². The highest BCUT2D eigenvalue weighted by atomic mass is 19.1. The Hall–Kier alpha value is -2.15. The van der Waals surface area contributed by atoms with Gasteiger partial charge in [-0.25, -0.2) is 4.39 Å². The highest BCUT2D eigenvalue weighted by Gasteiger charge is 2.26. The smallest absolute Gasteiger partial charge is 0.165 e. The molecule has 0 aromatic heterocycles. The third-order valence-corrected chi connectivity index (χ3v) is 6.37. The molecule has 0 N–H and O–H groups in total. The van der Waals surface area contributed by atoms with Gasteiger partial charge in [0.05, 0.1) is 26.9 Å². The van der Waals surface area contributed by atoms with Crippen molar-refractivity contribution in [1.29, 1.82) is 0 Å². The molecular formula is C25H33FN2O3. The number of ether oxygens (including phenoxy) is 3. The first-order valence-corrected chi connectivity index (χ1v) is 11.1. The van der Waals surface area contributed by atoms with Crippen LogP contribution in [0.1, 0.15) is 36.0 Å². The predicted molar refractivity (Wildman–Crippen MR) is 120 cm³/mol. The molecule has 168 valence electrons. The zero-order chi connectivity index (χ0) is 21.8. The number of hydrogen-bond donors (Lipinski definition) is 0. The quantitative estimate of drug-likeness (QED) is 0.625. The van der Waals surface area contributed by atoms with E-state index < -0.39 is 0 Å². The van der Waals surface area contributed by atoms with Crippen LogP contribution in [0.15, 0.2) is 36.4 Å². The zero-order valence-corrected chi connectivity index (χ0v) is 18.8. The molecule has 31 heavy (non-hydrogen) atoms. The highest BCUT2D eigenvalue weighted by Crippen LogP contribution is 2.36. The molecule has 0 spiro atoms. The van der Waals surface area contributed by atoms with Crippen LogP contribution in [0, 0.1) is 5.82 Å². The minimum Gasteiger partial charge on any atom is -0.494 e. The van der Waals surface area contributed by atoms with Crippen LogP contribution in [0.25, 0.3) is 0 Å². The van der Waals surface area contributed by atoms with Crippen LogP contribution in [-0.2, 0) is 11.3 Å². The summed E-state index contributed by atoms with van der Waals surface area (Å²) in [5, 5.41) is 0. The van der Waals surface area contributed by atoms with E-state index in [1.54, 1.807) is 12.1 Å². The fourth-order valence-electron chi connectivity index (χ4n) is 4.65. The van der Waals surface area contributed by atoms with Crippen LogP contribution < -0.4 is 9.47 Å². The second kappa shape index (κ2) is 9.98. The van der Waals surface area contributed by atoms with Gasteiger partial charge in [-0.3, -0.25) is 4.90 Å². The molecule has 1 unspecified atom stereocenters. The summed E-state index contributed by atoms with van der Waals surface area (Å²) < 4.78 is 31.0. The lowest BCUT2D eigenvalue weighted by Crippen LogP contribution is -2.44. The maximum absolute atomic E-state index is 14.3. The molecule has 0 saturated carbocycles. The van der Waals surface area contributed by atoms with Crippen molar-refractivity contribution < 1.29 is 18.6 Å². The lowest BCUT2D eigenvalue weighted by atomic mass is 9.84. The van der Waals surface area contributed by atoms with E-state index in [0.717, 1.165) is 57.1 Å². The second-order valence-corrected chi connectivity index (χ2v) is 8.67. The van der Waals surface area contributed by atoms with Gasteiger partial charge in [0.1, 0.15) is 5.75 Å². The number of fused-ring (bicyclic) bond motifs is 1. The average Bonchev–Trinajstić information content (AvgIpc) is 2.77. The van der Waals surface area contributed by atoms with Crippen molar-refractivity contribution in [1.82, 2.24) is 9.80 Å². The lowest BCUT2D eigenvalue weighted by molar-refractivity contribution is -0.00201. The van der Waals surface area contributed by atoms with Crippen LogP contribution in [0.5, 0.6) is 11.5 Å². The third-order valence-electron chi connectivity index (χ3n) is 6.37. The molecule has 2 aliphatic heterocycles. The molecule has 2 aromatic rings. The molecule has 5 nitrogen and oxygen atoms in total. The molecule has 2 atom stereocenters. The van der Waals surface area contributed by atoms with Crippen molar-refractivity contribution in [3.05, 3.63) is 58.9 Å². The number of halogens is 1. The Kier molecular flexibility index (Phi) is 7.10. The van der Waals surface area contributed by atoms with Crippen molar-refractivity contribution in [3.8, 4) is 11.5 Å². The molecular weight excluding hydrogens is 395 g/mol. The maximum Gasteiger partial charge on any atom is 0.165 e. The van der Waals surface area contributed by atoms with Gasteiger partial charge in [-0.05, 0) is 61.3 Å². The number of rotatable bonds is 7. The Bertz CT molecular complexity index is 891. The molecule has 2 heterocycles. The van der Waals surface area contributed by atoms with E-state index in [4.69, 9.17) is 14.2 Å². The summed E-state index contributed by atoms with van der Waals surface area (Å²) in [6.07, 6.45) is 0.995. The molecule has 0 aliphatic carbocycles. The summed E-state index contributed by atoms with van der Waals surface area (Å²) in [4.78, 5) is 4.74. The standard InChI is InChI=1S/C25H33FN2O3/c1-18-17-30-12-10-28(18)9-4-11-31-21-6-7-22-20(13-21)15-27(2)16-23(22)19-5-8-25(29-3)24(26)14-19/h5-8,13-14,18,23H,4,9-12,15-17H2,1-3H3/t18-,23?/m0/s1. The Balaban J connectivity index is 1.41. The van der Waals surface area contributed by atoms with Gasteiger partial charge in [0.15, 0.2) is 11.6 Å². The third kappa shape index (κ3) is 5.20. The summed E-state index contributed by atoms with van der Waals surface area (Å²) in [5.41, 5.74) is 3.46. The van der Waals surface area contributed by atoms with Gasteiger partial charge < -0.3 is 19.1 Å². The van der Waals surface area contributed by atoms with Crippen LogP contribution in [-0.4, -0.2) is 69.5 Å². The monoisotopic (exact) mass is 428 g/mol. The molecule has 4 rings (SSSR count). The van der Waals surface area contributed by atoms with E-state index in [2.05, 4.69) is 35.9 Å². The maximum atomic E-state index is 14.3. The van der Waals surface area contributed by atoms with Gasteiger partial charge in [-0.1, -0.05) is 12.1 Å². The number of nitrogens with zero attached hydrogens (tertiary/aromatic N) is 2. The van der Waals surface area contributed by atoms with Crippen molar-refractivity contribution >= 4 is 0 Å². The number of hydrogen-bond acceptors (Lipinski definition) is 5. The Morgan fingerprint density at radius 2 is 2.06 bits per heavy atom. The second-order valence-electron chi connectivity index (χ2n) is 8.67. The molecule has 2 aromatic carbocycles. The van der Waals surface area contributed by atoms with Crippen LogP contribution in [0.3, 0.4) is 0 Å². The number of likely N-dealkylation sites (N-methyl/N-ethyl adjacent to an activating group) is 1. The summed E-state index contributed by atoms with van der Waals surface area (Å²) in [6, 6.07) is 12.1. The van der Waals surface area contributed by atoms with Gasteiger partial charge >= 0.3 is 0 Å². The minimum absolute atomic E-state index is 0.131. The normalized spacial score (nSPS) is 22.2. The Morgan fingerprint density at radius 3 is 2.84 bits per heavy atom. The SMILES string of the molecule is COc1ccc(C2CN(C)Cc3cc(OCCCN4CCOC[C@@H]4C)ccc32)cc1F. The summed E-state index contributed by atoms with van der Waals surface area (Å²) in [7, 11) is 3.59. The molecule has 6 heteroatoms. The largest absolute Gasteiger partial charge is 0.494 e. The van der Waals surface area contributed by atoms with Crippen molar-refractivity contribution in [2.45, 2.75) is 31.8 Å². The molecule has 0 bridgehead atoms. The molecule has 1 fully saturated rings. The first kappa shape index (κ1) is 22.1. The molecule has 2 aliphatic rings. The molecule has 1 saturated heterocycles. The van der Waals surface area contributed by atoms with Crippen LogP contribution in [0.4, 0.5) is 4.39 Å². The number of morpholine rings is 1. The van der Waals surface area contributed by atoms with Gasteiger partial charge in [-0.2, -0.15) is 0 Å².